The van der Waals surface area contributed by atoms with Gasteiger partial charge in [-0.15, -0.1) is 0 Å². The van der Waals surface area contributed by atoms with Crippen LogP contribution in [0, 0.1) is 12.7 Å². The number of halogens is 2. The molecule has 0 radical (unpaired) electrons. The second-order valence-corrected chi connectivity index (χ2v) is 6.02. The summed E-state index contributed by atoms with van der Waals surface area (Å²) >= 11 is 0. The van der Waals surface area contributed by atoms with Gasteiger partial charge in [-0.3, -0.25) is 9.20 Å². The Morgan fingerprint density at radius 2 is 2.17 bits per heavy atom. The smallest absolute Gasteiger partial charge is 0.276 e. The number of aryl methyl sites for hydroxylation is 1. The minimum Gasteiger partial charge on any atom is -0.305 e. The first-order chi connectivity index (χ1) is 11.0. The fraction of sp³-hybridized carbons (Fsp3) is 0.294. The van der Waals surface area contributed by atoms with Crippen LogP contribution in [0.4, 0.5) is 8.78 Å². The number of rotatable bonds is 3. The van der Waals surface area contributed by atoms with E-state index in [9.17, 15) is 13.6 Å². The fourth-order valence-electron chi connectivity index (χ4n) is 2.94. The molecule has 0 unspecified atom stereocenters. The summed E-state index contributed by atoms with van der Waals surface area (Å²) in [4.78, 5) is 16.9. The van der Waals surface area contributed by atoms with E-state index < -0.39 is 6.17 Å². The highest BCUT2D eigenvalue weighted by molar-refractivity contribution is 5.46. The molecule has 0 amide bonds. The van der Waals surface area contributed by atoms with E-state index in [-0.39, 0.29) is 23.8 Å². The van der Waals surface area contributed by atoms with Crippen LogP contribution in [0.5, 0.6) is 0 Å². The maximum absolute atomic E-state index is 13.3. The van der Waals surface area contributed by atoms with E-state index in [4.69, 9.17) is 0 Å². The van der Waals surface area contributed by atoms with Gasteiger partial charge in [0.1, 0.15) is 23.3 Å². The molecule has 4 rings (SSSR count). The zero-order chi connectivity index (χ0) is 16.1. The summed E-state index contributed by atoms with van der Waals surface area (Å²) in [5.41, 5.74) is 1.65. The molecule has 0 saturated heterocycles. The van der Waals surface area contributed by atoms with Gasteiger partial charge in [0.15, 0.2) is 0 Å². The molecule has 2 atom stereocenters. The summed E-state index contributed by atoms with van der Waals surface area (Å²) in [5, 5.41) is 0. The van der Waals surface area contributed by atoms with Crippen molar-refractivity contribution in [3.8, 4) is 0 Å². The minimum atomic E-state index is -0.865. The Hall–Kier alpha value is -2.50. The fourth-order valence-corrected chi connectivity index (χ4v) is 2.94. The average Bonchev–Trinajstić information content (AvgIpc) is 3.07. The highest BCUT2D eigenvalue weighted by Crippen LogP contribution is 2.42. The molecule has 1 fully saturated rings. The van der Waals surface area contributed by atoms with Gasteiger partial charge in [-0.2, -0.15) is 0 Å². The number of hydrogen-bond acceptors (Lipinski definition) is 2. The van der Waals surface area contributed by atoms with Gasteiger partial charge in [0, 0.05) is 11.9 Å². The Kier molecular flexibility index (Phi) is 3.07. The molecule has 3 aromatic rings. The quantitative estimate of drug-likeness (QED) is 0.745. The molecule has 0 spiro atoms. The molecule has 1 saturated carbocycles. The largest absolute Gasteiger partial charge is 0.305 e. The molecule has 1 aromatic carbocycles. The van der Waals surface area contributed by atoms with Gasteiger partial charge < -0.3 is 4.57 Å². The lowest BCUT2D eigenvalue weighted by Crippen LogP contribution is -2.25. The Bertz CT molecular complexity index is 960. The van der Waals surface area contributed by atoms with Gasteiger partial charge in [0.05, 0.1) is 18.7 Å². The molecule has 2 heterocycles. The monoisotopic (exact) mass is 315 g/mol. The Morgan fingerprint density at radius 1 is 1.39 bits per heavy atom. The summed E-state index contributed by atoms with van der Waals surface area (Å²) in [7, 11) is 0. The van der Waals surface area contributed by atoms with E-state index in [1.54, 1.807) is 27.3 Å². The lowest BCUT2D eigenvalue weighted by Gasteiger charge is -2.12. The molecule has 2 aromatic heterocycles. The summed E-state index contributed by atoms with van der Waals surface area (Å²) in [6.45, 7) is 2.10. The number of aromatic nitrogens is 3. The lowest BCUT2D eigenvalue weighted by molar-refractivity contribution is 0.464. The number of fused-ring (bicyclic) bond motifs is 1. The molecule has 0 bridgehead atoms. The van der Waals surface area contributed by atoms with Crippen molar-refractivity contribution >= 4 is 5.52 Å². The molecule has 0 N–H and O–H groups in total. The van der Waals surface area contributed by atoms with Crippen molar-refractivity contribution in [1.29, 1.82) is 0 Å². The van der Waals surface area contributed by atoms with Crippen molar-refractivity contribution in [2.75, 3.05) is 0 Å². The van der Waals surface area contributed by atoms with E-state index in [2.05, 4.69) is 4.98 Å². The highest BCUT2D eigenvalue weighted by atomic mass is 19.1. The maximum Gasteiger partial charge on any atom is 0.276 e. The van der Waals surface area contributed by atoms with Crippen molar-refractivity contribution in [3.05, 3.63) is 69.9 Å². The third kappa shape index (κ3) is 2.34. The van der Waals surface area contributed by atoms with E-state index in [1.807, 2.05) is 6.92 Å². The van der Waals surface area contributed by atoms with Gasteiger partial charge in [0.25, 0.3) is 5.56 Å². The summed E-state index contributed by atoms with van der Waals surface area (Å²) < 4.78 is 29.9. The lowest BCUT2D eigenvalue weighted by atomic mass is 10.2. The van der Waals surface area contributed by atoms with E-state index in [1.165, 1.54) is 18.3 Å². The molecule has 23 heavy (non-hydrogen) atoms. The molecule has 118 valence electrons. The van der Waals surface area contributed by atoms with Crippen LogP contribution in [0.15, 0.2) is 41.5 Å². The minimum absolute atomic E-state index is 0.205. The standard InChI is InChI=1S/C17H15F2N3O/c1-10-8-22-15(7-20-16(22)13-6-14(13)19)17(23)21(10)9-11-3-2-4-12(18)5-11/h2-5,7-8,13-14H,6,9H2,1H3/t13-,14+/m0/s1. The Balaban J connectivity index is 1.80. The first-order valence-corrected chi connectivity index (χ1v) is 7.50. The third-order valence-electron chi connectivity index (χ3n) is 4.31. The maximum atomic E-state index is 13.3. The third-order valence-corrected chi connectivity index (χ3v) is 4.31. The average molecular weight is 315 g/mol. The Labute approximate surface area is 131 Å². The van der Waals surface area contributed by atoms with Gasteiger partial charge in [-0.05, 0) is 31.0 Å². The first kappa shape index (κ1) is 14.1. The van der Waals surface area contributed by atoms with Crippen LogP contribution >= 0.6 is 0 Å². The molecule has 4 nitrogen and oxygen atoms in total. The predicted octanol–water partition coefficient (Wildman–Crippen LogP) is 2.82. The van der Waals surface area contributed by atoms with Crippen LogP contribution in [0.2, 0.25) is 0 Å². The summed E-state index contributed by atoms with van der Waals surface area (Å²) in [6, 6.07) is 6.18. The number of imidazole rings is 1. The van der Waals surface area contributed by atoms with E-state index >= 15 is 0 Å². The summed E-state index contributed by atoms with van der Waals surface area (Å²) in [6.07, 6.45) is 2.88. The molecule has 1 aliphatic rings. The zero-order valence-corrected chi connectivity index (χ0v) is 12.5. The predicted molar refractivity (Wildman–Crippen MR) is 81.9 cm³/mol. The first-order valence-electron chi connectivity index (χ1n) is 7.50. The number of benzene rings is 1. The van der Waals surface area contributed by atoms with Crippen LogP contribution < -0.4 is 5.56 Å². The van der Waals surface area contributed by atoms with Crippen molar-refractivity contribution in [1.82, 2.24) is 14.0 Å². The van der Waals surface area contributed by atoms with Crippen molar-refractivity contribution < 1.29 is 8.78 Å². The molecule has 1 aliphatic carbocycles. The van der Waals surface area contributed by atoms with E-state index in [0.29, 0.717) is 23.3 Å². The van der Waals surface area contributed by atoms with Crippen LogP contribution in [-0.2, 0) is 6.54 Å². The van der Waals surface area contributed by atoms with Crippen molar-refractivity contribution in [2.24, 2.45) is 0 Å². The molecule has 0 aliphatic heterocycles. The van der Waals surface area contributed by atoms with Gasteiger partial charge in [0.2, 0.25) is 0 Å². The normalized spacial score (nSPS) is 20.1. The van der Waals surface area contributed by atoms with Gasteiger partial charge in [-0.1, -0.05) is 12.1 Å². The molecular weight excluding hydrogens is 300 g/mol. The van der Waals surface area contributed by atoms with Crippen molar-refractivity contribution in [2.45, 2.75) is 32.0 Å². The van der Waals surface area contributed by atoms with Gasteiger partial charge in [-0.25, -0.2) is 13.8 Å². The number of nitrogens with zero attached hydrogens (tertiary/aromatic N) is 3. The number of hydrogen-bond donors (Lipinski definition) is 0. The van der Waals surface area contributed by atoms with E-state index in [0.717, 1.165) is 5.69 Å². The highest BCUT2D eigenvalue weighted by Gasteiger charge is 2.42. The SMILES string of the molecule is Cc1cn2c([C@H]3C[C@H]3F)ncc2c(=O)n1Cc1cccc(F)c1. The van der Waals surface area contributed by atoms with Crippen molar-refractivity contribution in [3.63, 3.8) is 0 Å². The van der Waals surface area contributed by atoms with Crippen LogP contribution in [0.25, 0.3) is 5.52 Å². The number of alkyl halides is 1. The Morgan fingerprint density at radius 3 is 2.87 bits per heavy atom. The van der Waals surface area contributed by atoms with Crippen LogP contribution in [0.3, 0.4) is 0 Å². The summed E-state index contributed by atoms with van der Waals surface area (Å²) in [5.74, 6) is 0.0598. The molecular formula is C17H15F2N3O. The van der Waals surface area contributed by atoms with Crippen LogP contribution in [0.1, 0.15) is 29.4 Å². The second kappa shape index (κ2) is 5.01. The molecule has 6 heteroatoms. The van der Waals surface area contributed by atoms with Gasteiger partial charge >= 0.3 is 0 Å². The van der Waals surface area contributed by atoms with Crippen LogP contribution in [-0.4, -0.2) is 20.1 Å². The second-order valence-electron chi connectivity index (χ2n) is 6.02. The topological polar surface area (TPSA) is 39.3 Å². The zero-order valence-electron chi connectivity index (χ0n) is 12.5.